The van der Waals surface area contributed by atoms with E-state index in [4.69, 9.17) is 4.74 Å². The molecule has 1 aromatic carbocycles. The zero-order chi connectivity index (χ0) is 13.0. The molecule has 1 aliphatic rings. The third kappa shape index (κ3) is 2.73. The monoisotopic (exact) mass is 245 g/mol. The van der Waals surface area contributed by atoms with Crippen LogP contribution in [0.2, 0.25) is 0 Å². The van der Waals surface area contributed by atoms with Gasteiger partial charge in [-0.15, -0.1) is 0 Å². The quantitative estimate of drug-likeness (QED) is 0.869. The number of para-hydroxylation sites is 1. The van der Waals surface area contributed by atoms with Crippen molar-refractivity contribution in [2.75, 3.05) is 11.9 Å². The van der Waals surface area contributed by atoms with E-state index in [1.165, 1.54) is 12.0 Å². The molecule has 18 heavy (non-hydrogen) atoms. The minimum Gasteiger partial charge on any atom is -0.450 e. The van der Waals surface area contributed by atoms with E-state index >= 15 is 0 Å². The van der Waals surface area contributed by atoms with Crippen molar-refractivity contribution in [2.24, 2.45) is 0 Å². The first-order valence-electron chi connectivity index (χ1n) is 6.45. The summed E-state index contributed by atoms with van der Waals surface area (Å²) in [7, 11) is 0. The molecule has 0 saturated carbocycles. The molecule has 1 amide bonds. The first-order valence-corrected chi connectivity index (χ1v) is 6.45. The van der Waals surface area contributed by atoms with Gasteiger partial charge in [-0.05, 0) is 44.2 Å². The van der Waals surface area contributed by atoms with Crippen molar-refractivity contribution in [3.63, 3.8) is 0 Å². The van der Waals surface area contributed by atoms with Gasteiger partial charge in [0.05, 0.1) is 12.3 Å². The molecule has 3 nitrogen and oxygen atoms in total. The highest BCUT2D eigenvalue weighted by molar-refractivity contribution is 5.91. The second-order valence-electron chi connectivity index (χ2n) is 4.46. The summed E-state index contributed by atoms with van der Waals surface area (Å²) in [6.07, 6.45) is 5.28. The summed E-state index contributed by atoms with van der Waals surface area (Å²) in [6.45, 7) is 4.19. The van der Waals surface area contributed by atoms with Gasteiger partial charge in [-0.1, -0.05) is 24.3 Å². The summed E-state index contributed by atoms with van der Waals surface area (Å²) >= 11 is 0. The maximum absolute atomic E-state index is 11.6. The second-order valence-corrected chi connectivity index (χ2v) is 4.46. The van der Waals surface area contributed by atoms with E-state index in [9.17, 15) is 4.79 Å². The van der Waals surface area contributed by atoms with Gasteiger partial charge >= 0.3 is 6.09 Å². The topological polar surface area (TPSA) is 38.3 Å². The zero-order valence-corrected chi connectivity index (χ0v) is 11.0. The number of allylic oxidation sites excluding steroid dienone is 2. The van der Waals surface area contributed by atoms with Crippen molar-refractivity contribution in [1.82, 2.24) is 0 Å². The molecule has 2 rings (SSSR count). The second kappa shape index (κ2) is 5.71. The average Bonchev–Trinajstić information content (AvgIpc) is 2.85. The Morgan fingerprint density at radius 3 is 2.94 bits per heavy atom. The van der Waals surface area contributed by atoms with E-state index in [1.807, 2.05) is 19.1 Å². The number of aryl methyl sites for hydroxylation is 1. The highest BCUT2D eigenvalue weighted by Crippen LogP contribution is 2.34. The van der Waals surface area contributed by atoms with E-state index in [2.05, 4.69) is 17.5 Å². The molecule has 1 aromatic rings. The molecular weight excluding hydrogens is 226 g/mol. The molecule has 0 fully saturated rings. The Hall–Kier alpha value is -1.77. The highest BCUT2D eigenvalue weighted by atomic mass is 16.5. The van der Waals surface area contributed by atoms with Crippen LogP contribution in [0, 0.1) is 6.92 Å². The number of nitrogens with one attached hydrogen (secondary N) is 1. The lowest BCUT2D eigenvalue weighted by Crippen LogP contribution is -2.15. The standard InChI is InChI=1S/C15H19NO2/c1-3-18-15(17)16-14-11(2)7-6-10-13(14)12-8-4-5-9-12/h6-8,10H,3-5,9H2,1-2H3,(H,16,17). The number of hydrogen-bond donors (Lipinski definition) is 1. The maximum Gasteiger partial charge on any atom is 0.411 e. The minimum absolute atomic E-state index is 0.383. The number of ether oxygens (including phenoxy) is 1. The van der Waals surface area contributed by atoms with Crippen LogP contribution in [0.5, 0.6) is 0 Å². The van der Waals surface area contributed by atoms with Crippen LogP contribution in [-0.4, -0.2) is 12.7 Å². The number of carbonyl (C=O) groups excluding carboxylic acids is 1. The third-order valence-corrected chi connectivity index (χ3v) is 3.16. The summed E-state index contributed by atoms with van der Waals surface area (Å²) in [4.78, 5) is 11.6. The van der Waals surface area contributed by atoms with Crippen LogP contribution < -0.4 is 5.32 Å². The molecule has 0 atom stereocenters. The fraction of sp³-hybridized carbons (Fsp3) is 0.400. The van der Waals surface area contributed by atoms with Crippen molar-refractivity contribution < 1.29 is 9.53 Å². The fourth-order valence-corrected chi connectivity index (χ4v) is 2.29. The zero-order valence-electron chi connectivity index (χ0n) is 11.0. The van der Waals surface area contributed by atoms with Crippen LogP contribution in [0.25, 0.3) is 5.57 Å². The van der Waals surface area contributed by atoms with Gasteiger partial charge in [-0.25, -0.2) is 4.79 Å². The summed E-state index contributed by atoms with van der Waals surface area (Å²) in [5.74, 6) is 0. The van der Waals surface area contributed by atoms with Gasteiger partial charge in [-0.2, -0.15) is 0 Å². The third-order valence-electron chi connectivity index (χ3n) is 3.16. The van der Waals surface area contributed by atoms with Crippen molar-refractivity contribution in [1.29, 1.82) is 0 Å². The molecule has 0 aromatic heterocycles. The van der Waals surface area contributed by atoms with Crippen molar-refractivity contribution in [3.8, 4) is 0 Å². The molecule has 0 spiro atoms. The molecule has 1 aliphatic carbocycles. The molecule has 0 aliphatic heterocycles. The Labute approximate surface area is 108 Å². The predicted molar refractivity (Wildman–Crippen MR) is 73.7 cm³/mol. The Kier molecular flexibility index (Phi) is 4.03. The molecule has 96 valence electrons. The number of amides is 1. The van der Waals surface area contributed by atoms with Gasteiger partial charge in [0.1, 0.15) is 0 Å². The minimum atomic E-state index is -0.383. The number of anilines is 1. The molecule has 0 radical (unpaired) electrons. The average molecular weight is 245 g/mol. The number of benzene rings is 1. The Balaban J connectivity index is 2.29. The molecule has 0 unspecified atom stereocenters. The summed E-state index contributed by atoms with van der Waals surface area (Å²) in [6, 6.07) is 6.09. The maximum atomic E-state index is 11.6. The van der Waals surface area contributed by atoms with Gasteiger partial charge in [0.2, 0.25) is 0 Å². The largest absolute Gasteiger partial charge is 0.450 e. The van der Waals surface area contributed by atoms with Crippen LogP contribution in [0.15, 0.2) is 24.3 Å². The Morgan fingerprint density at radius 1 is 1.44 bits per heavy atom. The van der Waals surface area contributed by atoms with Gasteiger partial charge < -0.3 is 4.74 Å². The number of hydrogen-bond acceptors (Lipinski definition) is 2. The lowest BCUT2D eigenvalue weighted by atomic mass is 10.00. The van der Waals surface area contributed by atoms with Crippen LogP contribution in [0.1, 0.15) is 37.3 Å². The molecule has 0 saturated heterocycles. The number of carbonyl (C=O) groups is 1. The summed E-state index contributed by atoms with van der Waals surface area (Å²) in [5.41, 5.74) is 4.39. The Bertz CT molecular complexity index is 477. The molecule has 0 heterocycles. The number of rotatable bonds is 3. The van der Waals surface area contributed by atoms with Crippen LogP contribution in [0.3, 0.4) is 0 Å². The van der Waals surface area contributed by atoms with E-state index in [-0.39, 0.29) is 6.09 Å². The fourth-order valence-electron chi connectivity index (χ4n) is 2.29. The predicted octanol–water partition coefficient (Wildman–Crippen LogP) is 4.13. The van der Waals surface area contributed by atoms with Crippen molar-refractivity contribution >= 4 is 17.4 Å². The smallest absolute Gasteiger partial charge is 0.411 e. The lowest BCUT2D eigenvalue weighted by molar-refractivity contribution is 0.168. The Morgan fingerprint density at radius 2 is 2.28 bits per heavy atom. The molecule has 0 bridgehead atoms. The van der Waals surface area contributed by atoms with E-state index in [0.29, 0.717) is 6.61 Å². The van der Waals surface area contributed by atoms with Crippen LogP contribution in [-0.2, 0) is 4.74 Å². The van der Waals surface area contributed by atoms with E-state index < -0.39 is 0 Å². The first kappa shape index (κ1) is 12.7. The molecule has 1 N–H and O–H groups in total. The van der Waals surface area contributed by atoms with Crippen LogP contribution in [0.4, 0.5) is 10.5 Å². The van der Waals surface area contributed by atoms with E-state index in [1.54, 1.807) is 6.92 Å². The van der Waals surface area contributed by atoms with Gasteiger partial charge in [0, 0.05) is 5.56 Å². The lowest BCUT2D eigenvalue weighted by Gasteiger charge is -2.14. The SMILES string of the molecule is CCOC(=O)Nc1c(C)cccc1C1=CCCC1. The van der Waals surface area contributed by atoms with E-state index in [0.717, 1.165) is 29.7 Å². The first-order chi connectivity index (χ1) is 8.72. The van der Waals surface area contributed by atoms with Crippen molar-refractivity contribution in [3.05, 3.63) is 35.4 Å². The van der Waals surface area contributed by atoms with Crippen molar-refractivity contribution in [2.45, 2.75) is 33.1 Å². The molecular formula is C15H19NO2. The molecule has 3 heteroatoms. The summed E-state index contributed by atoms with van der Waals surface area (Å²) < 4.78 is 4.95. The van der Waals surface area contributed by atoms with Gasteiger partial charge in [-0.3, -0.25) is 5.32 Å². The van der Waals surface area contributed by atoms with Gasteiger partial charge in [0.15, 0.2) is 0 Å². The van der Waals surface area contributed by atoms with Gasteiger partial charge in [0.25, 0.3) is 0 Å². The summed E-state index contributed by atoms with van der Waals surface area (Å²) in [5, 5.41) is 2.85. The highest BCUT2D eigenvalue weighted by Gasteiger charge is 2.15. The normalized spacial score (nSPS) is 14.2. The van der Waals surface area contributed by atoms with Crippen LogP contribution >= 0.6 is 0 Å².